The number of hydrogen-bond donors (Lipinski definition) is 0. The fraction of sp³-hybridized carbons (Fsp3) is 0.259. The van der Waals surface area contributed by atoms with Gasteiger partial charge in [-0.3, -0.25) is 0 Å². The fourth-order valence-electron chi connectivity index (χ4n) is 5.17. The van der Waals surface area contributed by atoms with Gasteiger partial charge in [-0.15, -0.1) is 0 Å². The van der Waals surface area contributed by atoms with Crippen LogP contribution in [0.25, 0.3) is 10.9 Å². The number of para-hydroxylation sites is 1. The number of fused-ring (bicyclic) bond motifs is 6. The molecule has 6 heteroatoms. The molecule has 33 heavy (non-hydrogen) atoms. The molecule has 2 aliphatic rings. The second kappa shape index (κ2) is 8.62. The first-order valence-electron chi connectivity index (χ1n) is 11.1. The minimum atomic E-state index is -0.506. The quantitative estimate of drug-likeness (QED) is 0.429. The third kappa shape index (κ3) is 3.71. The number of rotatable bonds is 5. The lowest BCUT2D eigenvalue weighted by Gasteiger charge is -2.46. The van der Waals surface area contributed by atoms with Crippen molar-refractivity contribution in [1.29, 1.82) is 0 Å². The Morgan fingerprint density at radius 3 is 2.55 bits per heavy atom. The molecule has 1 aromatic heterocycles. The first-order chi connectivity index (χ1) is 16.1. The fourth-order valence-corrected chi connectivity index (χ4v) is 5.17. The zero-order chi connectivity index (χ0) is 22.9. The van der Waals surface area contributed by atoms with Gasteiger partial charge in [0.1, 0.15) is 6.04 Å². The predicted octanol–water partition coefficient (Wildman–Crippen LogP) is 4.55. The number of allylic oxidation sites excluding steroid dienone is 2. The van der Waals surface area contributed by atoms with Crippen LogP contribution in [0.5, 0.6) is 0 Å². The standard InChI is InChI=1S/C27H26N2O4/c1-32-25(30)13-12-20-17-28(16-18-8-4-3-5-9-18)23-15-21(20)26(27(31)33-2)29-22-11-7-6-10-19(22)14-24(23)29/h3-14,17,21,23,26H,15-16H2,1-2H3/b13-12+/t21-,23-,26?/m0/s1. The van der Waals surface area contributed by atoms with E-state index in [0.29, 0.717) is 0 Å². The van der Waals surface area contributed by atoms with Crippen LogP contribution < -0.4 is 0 Å². The van der Waals surface area contributed by atoms with Crippen molar-refractivity contribution in [1.82, 2.24) is 9.47 Å². The molecule has 3 heterocycles. The molecule has 3 aromatic rings. The summed E-state index contributed by atoms with van der Waals surface area (Å²) in [6.45, 7) is 0.720. The molecule has 0 spiro atoms. The number of esters is 2. The predicted molar refractivity (Wildman–Crippen MR) is 125 cm³/mol. The molecule has 5 rings (SSSR count). The van der Waals surface area contributed by atoms with Gasteiger partial charge in [0.05, 0.1) is 20.3 Å². The molecule has 0 fully saturated rings. The van der Waals surface area contributed by atoms with E-state index in [0.717, 1.165) is 35.1 Å². The summed E-state index contributed by atoms with van der Waals surface area (Å²) in [5.74, 6) is -0.834. The van der Waals surface area contributed by atoms with Gasteiger partial charge in [-0.1, -0.05) is 48.5 Å². The van der Waals surface area contributed by atoms with E-state index >= 15 is 0 Å². The number of carbonyl (C=O) groups excluding carboxylic acids is 2. The summed E-state index contributed by atoms with van der Waals surface area (Å²) in [6, 6.07) is 20.2. The van der Waals surface area contributed by atoms with E-state index in [1.807, 2.05) is 36.4 Å². The van der Waals surface area contributed by atoms with Gasteiger partial charge in [0.15, 0.2) is 0 Å². The first kappa shape index (κ1) is 21.1. The zero-order valence-electron chi connectivity index (χ0n) is 18.7. The van der Waals surface area contributed by atoms with E-state index < -0.39 is 12.0 Å². The van der Waals surface area contributed by atoms with Crippen molar-refractivity contribution in [3.05, 3.63) is 95.8 Å². The van der Waals surface area contributed by atoms with Gasteiger partial charge in [0, 0.05) is 35.9 Å². The highest BCUT2D eigenvalue weighted by Crippen LogP contribution is 2.50. The van der Waals surface area contributed by atoms with Crippen molar-refractivity contribution in [2.75, 3.05) is 14.2 Å². The molecular formula is C27H26N2O4. The molecule has 3 atom stereocenters. The van der Waals surface area contributed by atoms with Crippen LogP contribution in [0.4, 0.5) is 0 Å². The first-order valence-corrected chi connectivity index (χ1v) is 11.1. The van der Waals surface area contributed by atoms with Crippen molar-refractivity contribution in [3.63, 3.8) is 0 Å². The highest BCUT2D eigenvalue weighted by atomic mass is 16.5. The number of aromatic nitrogens is 1. The molecule has 0 saturated heterocycles. The maximum Gasteiger partial charge on any atom is 0.330 e. The topological polar surface area (TPSA) is 60.8 Å². The van der Waals surface area contributed by atoms with Crippen LogP contribution in [-0.4, -0.2) is 35.6 Å². The Hall–Kier alpha value is -3.80. The van der Waals surface area contributed by atoms with Gasteiger partial charge in [0.2, 0.25) is 0 Å². The van der Waals surface area contributed by atoms with Crippen molar-refractivity contribution in [2.24, 2.45) is 5.92 Å². The van der Waals surface area contributed by atoms with Crippen molar-refractivity contribution in [2.45, 2.75) is 25.0 Å². The van der Waals surface area contributed by atoms with Gasteiger partial charge in [0.25, 0.3) is 0 Å². The number of methoxy groups -OCH3 is 2. The normalized spacial score (nSPS) is 21.6. The van der Waals surface area contributed by atoms with E-state index in [9.17, 15) is 9.59 Å². The molecule has 0 N–H and O–H groups in total. The summed E-state index contributed by atoms with van der Waals surface area (Å²) in [5, 5.41) is 1.10. The molecule has 2 aliphatic heterocycles. The number of ether oxygens (including phenoxy) is 2. The van der Waals surface area contributed by atoms with Crippen LogP contribution in [0, 0.1) is 5.92 Å². The Bertz CT molecular complexity index is 1260. The van der Waals surface area contributed by atoms with Crippen LogP contribution >= 0.6 is 0 Å². The molecule has 2 aromatic carbocycles. The minimum Gasteiger partial charge on any atom is -0.467 e. The molecule has 0 aliphatic carbocycles. The summed E-state index contributed by atoms with van der Waals surface area (Å²) in [4.78, 5) is 27.2. The van der Waals surface area contributed by atoms with Crippen molar-refractivity contribution in [3.8, 4) is 0 Å². The summed E-state index contributed by atoms with van der Waals surface area (Å²) in [7, 11) is 2.79. The summed E-state index contributed by atoms with van der Waals surface area (Å²) >= 11 is 0. The van der Waals surface area contributed by atoms with Gasteiger partial charge in [-0.2, -0.15) is 0 Å². The molecule has 0 radical (unpaired) electrons. The second-order valence-corrected chi connectivity index (χ2v) is 8.47. The Kier molecular flexibility index (Phi) is 5.50. The third-order valence-electron chi connectivity index (χ3n) is 6.66. The van der Waals surface area contributed by atoms with Gasteiger partial charge >= 0.3 is 11.9 Å². The van der Waals surface area contributed by atoms with Gasteiger partial charge in [-0.05, 0) is 41.2 Å². The Morgan fingerprint density at radius 1 is 1.03 bits per heavy atom. The highest BCUT2D eigenvalue weighted by Gasteiger charge is 2.45. The second-order valence-electron chi connectivity index (χ2n) is 8.47. The van der Waals surface area contributed by atoms with E-state index in [2.05, 4.69) is 39.9 Å². The van der Waals surface area contributed by atoms with Crippen LogP contribution in [0.2, 0.25) is 0 Å². The average Bonchev–Trinajstić information content (AvgIpc) is 3.24. The van der Waals surface area contributed by atoms with E-state index in [1.54, 1.807) is 6.08 Å². The molecular weight excluding hydrogens is 416 g/mol. The van der Waals surface area contributed by atoms with Gasteiger partial charge in [-0.25, -0.2) is 9.59 Å². The smallest absolute Gasteiger partial charge is 0.330 e. The summed E-state index contributed by atoms with van der Waals surface area (Å²) in [6.07, 6.45) is 6.03. The molecule has 0 saturated carbocycles. The van der Waals surface area contributed by atoms with Gasteiger partial charge < -0.3 is 18.9 Å². The SMILES string of the molecule is COC(=O)/C=C/C1=CN(Cc2ccccc2)[C@H]2C[C@@H]1C(C(=O)OC)n1c2cc2ccccc21. The maximum atomic E-state index is 13.1. The Labute approximate surface area is 192 Å². The van der Waals surface area contributed by atoms with E-state index in [-0.39, 0.29) is 17.9 Å². The lowest BCUT2D eigenvalue weighted by atomic mass is 9.78. The van der Waals surface area contributed by atoms with Crippen molar-refractivity contribution < 1.29 is 19.1 Å². The monoisotopic (exact) mass is 442 g/mol. The van der Waals surface area contributed by atoms with Crippen LogP contribution in [0.1, 0.15) is 29.8 Å². The molecule has 1 unspecified atom stereocenters. The largest absolute Gasteiger partial charge is 0.467 e. The summed E-state index contributed by atoms with van der Waals surface area (Å²) in [5.41, 5.74) is 4.22. The Balaban J connectivity index is 1.67. The molecule has 168 valence electrons. The Morgan fingerprint density at radius 2 is 1.79 bits per heavy atom. The lowest BCUT2D eigenvalue weighted by molar-refractivity contribution is -0.147. The van der Waals surface area contributed by atoms with Crippen LogP contribution in [-0.2, 0) is 25.6 Å². The van der Waals surface area contributed by atoms with Crippen molar-refractivity contribution >= 4 is 22.8 Å². The number of hydrogen-bond acceptors (Lipinski definition) is 5. The number of benzene rings is 2. The number of nitrogens with zero attached hydrogens (tertiary/aromatic N) is 2. The van der Waals surface area contributed by atoms with Crippen LogP contribution in [0.15, 0.2) is 84.6 Å². The molecule has 2 bridgehead atoms. The highest BCUT2D eigenvalue weighted by molar-refractivity contribution is 5.86. The molecule has 0 amide bonds. The summed E-state index contributed by atoms with van der Waals surface area (Å²) < 4.78 is 12.2. The van der Waals surface area contributed by atoms with E-state index in [4.69, 9.17) is 9.47 Å². The lowest BCUT2D eigenvalue weighted by Crippen LogP contribution is -2.43. The average molecular weight is 443 g/mol. The van der Waals surface area contributed by atoms with Crippen LogP contribution in [0.3, 0.4) is 0 Å². The maximum absolute atomic E-state index is 13.1. The minimum absolute atomic E-state index is 0.0961. The van der Waals surface area contributed by atoms with E-state index in [1.165, 1.54) is 25.9 Å². The zero-order valence-corrected chi connectivity index (χ0v) is 18.7. The molecule has 6 nitrogen and oxygen atoms in total. The third-order valence-corrected chi connectivity index (χ3v) is 6.66. The number of carbonyl (C=O) groups is 2.